The Bertz CT molecular complexity index is 729. The maximum Gasteiger partial charge on any atom is 0.469 e. The summed E-state index contributed by atoms with van der Waals surface area (Å²) in [5, 5.41) is 20.7. The lowest BCUT2D eigenvalue weighted by atomic mass is 9.93. The zero-order chi connectivity index (χ0) is 18.1. The van der Waals surface area contributed by atoms with Crippen LogP contribution in [0.1, 0.15) is 16.6 Å². The summed E-state index contributed by atoms with van der Waals surface area (Å²) in [4.78, 5) is 28.7. The van der Waals surface area contributed by atoms with Crippen LogP contribution in [0.3, 0.4) is 0 Å². The molecule has 1 aromatic heterocycles. The molecule has 130 valence electrons. The molecule has 4 atom stereocenters. The summed E-state index contributed by atoms with van der Waals surface area (Å²) in [7, 11) is -4.83. The van der Waals surface area contributed by atoms with Crippen LogP contribution in [0.2, 0.25) is 0 Å². The third kappa shape index (κ3) is 3.63. The van der Waals surface area contributed by atoms with Crippen molar-refractivity contribution < 1.29 is 43.2 Å². The van der Waals surface area contributed by atoms with E-state index in [1.54, 1.807) is 0 Å². The van der Waals surface area contributed by atoms with Gasteiger partial charge in [0.15, 0.2) is 24.1 Å². The molecule has 1 saturated heterocycles. The molecule has 1 aromatic rings. The second-order valence-corrected chi connectivity index (χ2v) is 6.36. The summed E-state index contributed by atoms with van der Waals surface area (Å²) in [6.45, 7) is -0.755. The van der Waals surface area contributed by atoms with Crippen LogP contribution in [0, 0.1) is 12.3 Å². The van der Waals surface area contributed by atoms with Gasteiger partial charge >= 0.3 is 7.82 Å². The normalized spacial score (nSPS) is 30.0. The number of aliphatic hydroxyl groups excluding tert-OH is 1. The minimum absolute atomic E-state index is 0.118. The van der Waals surface area contributed by atoms with Gasteiger partial charge in [0.05, 0.1) is 6.61 Å². The third-order valence-electron chi connectivity index (χ3n) is 3.54. The Balaban J connectivity index is 2.30. The van der Waals surface area contributed by atoms with Gasteiger partial charge in [-0.2, -0.15) is 4.57 Å². The van der Waals surface area contributed by atoms with Crippen LogP contribution in [-0.2, 0) is 13.8 Å². The first-order chi connectivity index (χ1) is 11.1. The summed E-state index contributed by atoms with van der Waals surface area (Å²) in [6.07, 6.45) is 3.65. The zero-order valence-electron chi connectivity index (χ0n) is 12.2. The van der Waals surface area contributed by atoms with Crippen LogP contribution < -0.4 is 10.3 Å². The molecule has 0 spiro atoms. The molecule has 1 aliphatic rings. The predicted octanol–water partition coefficient (Wildman–Crippen LogP) is -2.20. The summed E-state index contributed by atoms with van der Waals surface area (Å²) < 4.78 is 21.8. The van der Waals surface area contributed by atoms with Gasteiger partial charge in [-0.25, -0.2) is 4.57 Å². The van der Waals surface area contributed by atoms with E-state index in [9.17, 15) is 19.6 Å². The van der Waals surface area contributed by atoms with Crippen LogP contribution in [0.15, 0.2) is 24.5 Å². The molecule has 1 aliphatic heterocycles. The number of primary amides is 1. The van der Waals surface area contributed by atoms with Crippen LogP contribution in [0.25, 0.3) is 0 Å². The molecule has 2 heterocycles. The van der Waals surface area contributed by atoms with Gasteiger partial charge in [0.25, 0.3) is 12.1 Å². The van der Waals surface area contributed by atoms with Crippen molar-refractivity contribution in [2.75, 3.05) is 6.61 Å². The number of carbonyl (C=O) groups excluding carboxylic acids is 1. The van der Waals surface area contributed by atoms with Crippen LogP contribution >= 0.6 is 7.82 Å². The molecule has 10 nitrogen and oxygen atoms in total. The standard InChI is InChI=1S/C13H15N2O8P/c1-2-13(18)9(7-22-24(19,20)21)23-12(10(13)16)15-5-3-4-8(6-15)11(14)17/h1,3-6,9-10,12,16,18H,7H2,(H3-,14,17,19,20,21)/p+1/t9-,10+,12-,13-/m1/s1. The SMILES string of the molecule is C#C[C@@]1(O)[C@@H](COP(=O)(O)O)O[C@@H]([n+]2cccc(C(N)=O)c2)[C@@H]1O. The maximum absolute atomic E-state index is 11.2. The summed E-state index contributed by atoms with van der Waals surface area (Å²) in [6, 6.07) is 2.90. The van der Waals surface area contributed by atoms with E-state index >= 15 is 0 Å². The molecule has 1 amide bonds. The molecule has 2 rings (SSSR count). The van der Waals surface area contributed by atoms with Crippen molar-refractivity contribution in [2.45, 2.75) is 24.0 Å². The van der Waals surface area contributed by atoms with E-state index in [4.69, 9.17) is 26.7 Å². The Morgan fingerprint density at radius 2 is 2.25 bits per heavy atom. The molecular formula is C13H16N2O8P+. The first-order valence-electron chi connectivity index (χ1n) is 6.63. The van der Waals surface area contributed by atoms with Gasteiger partial charge in [-0.05, 0) is 6.07 Å². The number of aliphatic hydroxyl groups is 2. The number of hydrogen-bond acceptors (Lipinski definition) is 6. The number of ether oxygens (including phenoxy) is 1. The number of terminal acetylenes is 1. The first-order valence-corrected chi connectivity index (χ1v) is 8.16. The predicted molar refractivity (Wildman–Crippen MR) is 76.9 cm³/mol. The van der Waals surface area contributed by atoms with Crippen LogP contribution in [0.5, 0.6) is 0 Å². The Hall–Kier alpha value is -1.83. The highest BCUT2D eigenvalue weighted by molar-refractivity contribution is 7.46. The molecular weight excluding hydrogens is 343 g/mol. The van der Waals surface area contributed by atoms with E-state index in [2.05, 4.69) is 4.52 Å². The molecule has 11 heteroatoms. The van der Waals surface area contributed by atoms with E-state index in [-0.39, 0.29) is 5.56 Å². The monoisotopic (exact) mass is 359 g/mol. The number of amides is 1. The number of nitrogens with two attached hydrogens (primary N) is 1. The topological polar surface area (TPSA) is 163 Å². The minimum atomic E-state index is -4.83. The Morgan fingerprint density at radius 3 is 2.79 bits per heavy atom. The van der Waals surface area contributed by atoms with Gasteiger partial charge in [-0.1, -0.05) is 5.92 Å². The number of nitrogens with zero attached hydrogens (tertiary/aromatic N) is 1. The third-order valence-corrected chi connectivity index (χ3v) is 4.03. The molecule has 1 fully saturated rings. The fourth-order valence-electron chi connectivity index (χ4n) is 2.29. The highest BCUT2D eigenvalue weighted by Gasteiger charge is 2.59. The lowest BCUT2D eigenvalue weighted by molar-refractivity contribution is -0.766. The molecule has 0 aromatic carbocycles. The smallest absolute Gasteiger partial charge is 0.380 e. The second kappa shape index (κ2) is 6.58. The average Bonchev–Trinajstić information content (AvgIpc) is 2.77. The Labute approximate surface area is 136 Å². The summed E-state index contributed by atoms with van der Waals surface area (Å²) >= 11 is 0. The van der Waals surface area contributed by atoms with Gasteiger partial charge < -0.3 is 30.5 Å². The number of pyridine rings is 1. The van der Waals surface area contributed by atoms with E-state index < -0.39 is 44.4 Å². The van der Waals surface area contributed by atoms with Crippen molar-refractivity contribution in [3.63, 3.8) is 0 Å². The van der Waals surface area contributed by atoms with E-state index in [0.29, 0.717) is 0 Å². The Kier molecular flexibility index (Phi) is 5.08. The van der Waals surface area contributed by atoms with Crippen molar-refractivity contribution in [3.05, 3.63) is 30.1 Å². The van der Waals surface area contributed by atoms with Gasteiger partial charge in [0.1, 0.15) is 11.7 Å². The highest BCUT2D eigenvalue weighted by Crippen LogP contribution is 2.40. The van der Waals surface area contributed by atoms with E-state index in [1.807, 2.05) is 5.92 Å². The van der Waals surface area contributed by atoms with Gasteiger partial charge in [0, 0.05) is 6.07 Å². The molecule has 0 saturated carbocycles. The van der Waals surface area contributed by atoms with Gasteiger partial charge in [0.2, 0.25) is 0 Å². The minimum Gasteiger partial charge on any atom is -0.380 e. The largest absolute Gasteiger partial charge is 0.469 e. The molecule has 0 bridgehead atoms. The Morgan fingerprint density at radius 1 is 1.58 bits per heavy atom. The van der Waals surface area contributed by atoms with E-state index in [0.717, 1.165) is 0 Å². The molecule has 24 heavy (non-hydrogen) atoms. The van der Waals surface area contributed by atoms with Crippen molar-refractivity contribution >= 4 is 13.7 Å². The number of aromatic nitrogens is 1. The zero-order valence-corrected chi connectivity index (χ0v) is 13.1. The molecule has 0 unspecified atom stereocenters. The quantitative estimate of drug-likeness (QED) is 0.225. The van der Waals surface area contributed by atoms with Crippen LogP contribution in [-0.4, -0.2) is 50.3 Å². The molecule has 0 radical (unpaired) electrons. The number of rotatable bonds is 5. The van der Waals surface area contributed by atoms with Gasteiger partial charge in [-0.3, -0.25) is 9.32 Å². The van der Waals surface area contributed by atoms with Gasteiger partial charge in [-0.15, -0.1) is 6.42 Å². The fraction of sp³-hybridized carbons (Fsp3) is 0.385. The molecule has 0 aliphatic carbocycles. The number of phosphoric ester groups is 1. The van der Waals surface area contributed by atoms with E-state index in [1.165, 1.54) is 29.1 Å². The van der Waals surface area contributed by atoms with Crippen molar-refractivity contribution in [1.82, 2.24) is 0 Å². The lowest BCUT2D eigenvalue weighted by Crippen LogP contribution is -2.51. The second-order valence-electron chi connectivity index (χ2n) is 5.12. The van der Waals surface area contributed by atoms with Crippen molar-refractivity contribution in [3.8, 4) is 12.3 Å². The average molecular weight is 359 g/mol. The first kappa shape index (κ1) is 18.5. The number of hydrogen-bond donors (Lipinski definition) is 5. The van der Waals surface area contributed by atoms with Crippen molar-refractivity contribution in [2.24, 2.45) is 5.73 Å². The maximum atomic E-state index is 11.2. The summed E-state index contributed by atoms with van der Waals surface area (Å²) in [5.74, 6) is 1.24. The van der Waals surface area contributed by atoms with Crippen molar-refractivity contribution in [1.29, 1.82) is 0 Å². The highest BCUT2D eigenvalue weighted by atomic mass is 31.2. The number of phosphoric acid groups is 1. The summed E-state index contributed by atoms with van der Waals surface area (Å²) in [5.41, 5.74) is 3.04. The lowest BCUT2D eigenvalue weighted by Gasteiger charge is -2.23. The fourth-order valence-corrected chi connectivity index (χ4v) is 2.62. The number of carbonyl (C=O) groups is 1. The molecule has 6 N–H and O–H groups in total. The van der Waals surface area contributed by atoms with Crippen LogP contribution in [0.4, 0.5) is 0 Å².